The molecule has 1 atom stereocenters. The first-order valence-electron chi connectivity index (χ1n) is 14.4. The Kier molecular flexibility index (Phi) is 8.49. The van der Waals surface area contributed by atoms with E-state index in [9.17, 15) is 18.0 Å². The number of carbonyl (C=O) groups excluding carboxylic acids is 1. The Bertz CT molecular complexity index is 1260. The minimum absolute atomic E-state index is 0.0114. The number of alkyl halides is 3. The van der Waals surface area contributed by atoms with E-state index in [0.717, 1.165) is 61.4 Å². The van der Waals surface area contributed by atoms with E-state index in [1.54, 1.807) is 7.11 Å². The first-order valence-corrected chi connectivity index (χ1v) is 17.3. The van der Waals surface area contributed by atoms with Gasteiger partial charge in [0.2, 0.25) is 0 Å². The zero-order valence-corrected chi connectivity index (χ0v) is 26.2. The number of carbonyl (C=O) groups is 1. The number of ether oxygens (including phenoxy) is 1. The van der Waals surface area contributed by atoms with E-state index < -0.39 is 20.1 Å². The summed E-state index contributed by atoms with van der Waals surface area (Å²) in [4.78, 5) is 16.9. The predicted octanol–water partition coefficient (Wildman–Crippen LogP) is 9.42. The monoisotopic (exact) mass is 575 g/mol. The third-order valence-corrected chi connectivity index (χ3v) is 13.7. The Balaban J connectivity index is 2.12. The molecule has 0 bridgehead atoms. The van der Waals surface area contributed by atoms with Crippen molar-refractivity contribution >= 4 is 14.6 Å². The number of rotatable bonds is 7. The molecule has 1 saturated carbocycles. The fourth-order valence-electron chi connectivity index (χ4n) is 6.25. The molecule has 0 N–H and O–H groups in total. The van der Waals surface area contributed by atoms with Crippen LogP contribution in [-0.2, 0) is 28.4 Å². The van der Waals surface area contributed by atoms with Gasteiger partial charge in [0.25, 0.3) is 0 Å². The Labute approximate surface area is 238 Å². The molecule has 1 heterocycles. The smallest absolute Gasteiger partial charge is 0.410 e. The lowest BCUT2D eigenvalue weighted by atomic mass is 9.70. The number of benzene rings is 1. The molecule has 0 radical (unpaired) electrons. The van der Waals surface area contributed by atoms with E-state index in [2.05, 4.69) is 47.7 Å². The Hall–Kier alpha value is -2.03. The summed E-state index contributed by atoms with van der Waals surface area (Å²) in [6.45, 7) is 15.6. The topological polar surface area (TPSA) is 48.4 Å². The standard InChI is InChI=1S/C32H44F3NO3Si/c1-30(2,3)40(7,8)39-26-17-31(4,5)16-24-29(26)27(21-11-9-10-12-21)28(25(36-24)19-38-6)22-15-20(18-37)13-14-23(22)32(33,34)35/h13-15,18,21,26H,9-12,16-17,19H2,1-8H3. The molecule has 0 spiro atoms. The van der Waals surface area contributed by atoms with Gasteiger partial charge in [-0.25, -0.2) is 0 Å². The zero-order valence-electron chi connectivity index (χ0n) is 25.2. The fourth-order valence-corrected chi connectivity index (χ4v) is 7.52. The number of hydrogen-bond donors (Lipinski definition) is 0. The van der Waals surface area contributed by atoms with E-state index in [1.165, 1.54) is 12.1 Å². The highest BCUT2D eigenvalue weighted by molar-refractivity contribution is 6.74. The van der Waals surface area contributed by atoms with Crippen molar-refractivity contribution in [2.24, 2.45) is 5.41 Å². The molecular formula is C32H44F3NO3Si. The molecule has 1 fully saturated rings. The lowest BCUT2D eigenvalue weighted by Gasteiger charge is -2.45. The van der Waals surface area contributed by atoms with Crippen molar-refractivity contribution in [1.29, 1.82) is 0 Å². The second kappa shape index (κ2) is 11.0. The molecule has 2 aliphatic carbocycles. The predicted molar refractivity (Wildman–Crippen MR) is 155 cm³/mol. The highest BCUT2D eigenvalue weighted by atomic mass is 28.4. The van der Waals surface area contributed by atoms with Gasteiger partial charge >= 0.3 is 6.18 Å². The van der Waals surface area contributed by atoms with Gasteiger partial charge in [-0.2, -0.15) is 13.2 Å². The van der Waals surface area contributed by atoms with Crippen LogP contribution in [0.25, 0.3) is 11.1 Å². The van der Waals surface area contributed by atoms with E-state index in [0.29, 0.717) is 17.5 Å². The van der Waals surface area contributed by atoms with E-state index in [-0.39, 0.29) is 40.2 Å². The van der Waals surface area contributed by atoms with Gasteiger partial charge in [-0.3, -0.25) is 9.78 Å². The van der Waals surface area contributed by atoms with Gasteiger partial charge < -0.3 is 9.16 Å². The summed E-state index contributed by atoms with van der Waals surface area (Å²) in [5, 5.41) is -0.0315. The molecule has 0 saturated heterocycles. The van der Waals surface area contributed by atoms with Crippen LogP contribution in [0.4, 0.5) is 13.2 Å². The summed E-state index contributed by atoms with van der Waals surface area (Å²) >= 11 is 0. The van der Waals surface area contributed by atoms with Crippen LogP contribution < -0.4 is 0 Å². The molecule has 1 unspecified atom stereocenters. The summed E-state index contributed by atoms with van der Waals surface area (Å²) in [6, 6.07) is 3.65. The molecule has 0 aliphatic heterocycles. The summed E-state index contributed by atoms with van der Waals surface area (Å²) in [7, 11) is -0.704. The van der Waals surface area contributed by atoms with Crippen LogP contribution in [0.1, 0.15) is 117 Å². The van der Waals surface area contributed by atoms with Gasteiger partial charge in [0.1, 0.15) is 6.29 Å². The number of nitrogens with zero attached hydrogens (tertiary/aromatic N) is 1. The minimum Gasteiger partial charge on any atom is -0.410 e. The van der Waals surface area contributed by atoms with Crippen molar-refractivity contribution < 1.29 is 27.1 Å². The quantitative estimate of drug-likeness (QED) is 0.244. The summed E-state index contributed by atoms with van der Waals surface area (Å²) in [6.07, 6.45) is 1.11. The fraction of sp³-hybridized carbons (Fsp3) is 0.625. The third kappa shape index (κ3) is 6.09. The van der Waals surface area contributed by atoms with Gasteiger partial charge in [0, 0.05) is 29.5 Å². The molecule has 1 aromatic carbocycles. The normalized spacial score (nSPS) is 20.0. The van der Waals surface area contributed by atoms with Crippen LogP contribution in [0.3, 0.4) is 0 Å². The number of fused-ring (bicyclic) bond motifs is 1. The first kappa shape index (κ1) is 30.9. The van der Waals surface area contributed by atoms with Crippen molar-refractivity contribution in [3.63, 3.8) is 0 Å². The van der Waals surface area contributed by atoms with E-state index in [1.807, 2.05) is 0 Å². The lowest BCUT2D eigenvalue weighted by molar-refractivity contribution is -0.137. The minimum atomic E-state index is -4.59. The van der Waals surface area contributed by atoms with Crippen LogP contribution in [0.15, 0.2) is 18.2 Å². The SMILES string of the molecule is COCc1nc2c(c(C3CCCC3)c1-c1cc(C=O)ccc1C(F)(F)F)C(O[Si](C)(C)C(C)(C)C)CC(C)(C)C2. The second-order valence-corrected chi connectivity index (χ2v) is 18.7. The molecule has 2 aliphatic rings. The highest BCUT2D eigenvalue weighted by Crippen LogP contribution is 2.54. The average Bonchev–Trinajstić information content (AvgIpc) is 3.35. The third-order valence-electron chi connectivity index (χ3n) is 9.18. The van der Waals surface area contributed by atoms with Crippen LogP contribution >= 0.6 is 0 Å². The summed E-state index contributed by atoms with van der Waals surface area (Å²) < 4.78 is 56.2. The molecule has 2 aromatic rings. The second-order valence-electron chi connectivity index (χ2n) is 14.0. The number of hydrogen-bond acceptors (Lipinski definition) is 4. The lowest BCUT2D eigenvalue weighted by Crippen LogP contribution is -2.44. The number of aromatic nitrogens is 1. The Morgan fingerprint density at radius 1 is 1.10 bits per heavy atom. The highest BCUT2D eigenvalue weighted by Gasteiger charge is 2.46. The number of halogens is 3. The average molecular weight is 576 g/mol. The molecule has 8 heteroatoms. The van der Waals surface area contributed by atoms with E-state index >= 15 is 0 Å². The maximum Gasteiger partial charge on any atom is 0.417 e. The maximum absolute atomic E-state index is 14.5. The molecule has 220 valence electrons. The largest absolute Gasteiger partial charge is 0.417 e. The maximum atomic E-state index is 14.5. The van der Waals surface area contributed by atoms with E-state index in [4.69, 9.17) is 14.1 Å². The van der Waals surface area contributed by atoms with Crippen molar-refractivity contribution in [2.75, 3.05) is 7.11 Å². The first-order chi connectivity index (χ1) is 18.5. The van der Waals surface area contributed by atoms with Crippen LogP contribution in [-0.4, -0.2) is 26.7 Å². The number of pyridine rings is 1. The Morgan fingerprint density at radius 3 is 2.30 bits per heavy atom. The molecule has 1 aromatic heterocycles. The van der Waals surface area contributed by atoms with Crippen LogP contribution in [0, 0.1) is 5.41 Å². The van der Waals surface area contributed by atoms with Crippen LogP contribution in [0.2, 0.25) is 18.1 Å². The molecule has 4 rings (SSSR count). The molecule has 4 nitrogen and oxygen atoms in total. The number of methoxy groups -OCH3 is 1. The van der Waals surface area contributed by atoms with Gasteiger partial charge in [-0.05, 0) is 78.4 Å². The van der Waals surface area contributed by atoms with Crippen molar-refractivity contribution in [2.45, 2.75) is 116 Å². The van der Waals surface area contributed by atoms with Crippen molar-refractivity contribution in [3.05, 3.63) is 51.8 Å². The summed E-state index contributed by atoms with van der Waals surface area (Å²) in [5.41, 5.74) is 3.19. The Morgan fingerprint density at radius 2 is 1.75 bits per heavy atom. The van der Waals surface area contributed by atoms with Gasteiger partial charge in [0.15, 0.2) is 8.32 Å². The van der Waals surface area contributed by atoms with Gasteiger partial charge in [0.05, 0.1) is 24.0 Å². The zero-order chi connectivity index (χ0) is 29.7. The molecule has 40 heavy (non-hydrogen) atoms. The van der Waals surface area contributed by atoms with Gasteiger partial charge in [-0.1, -0.05) is 53.5 Å². The van der Waals surface area contributed by atoms with Crippen molar-refractivity contribution in [1.82, 2.24) is 4.98 Å². The van der Waals surface area contributed by atoms with Crippen LogP contribution in [0.5, 0.6) is 0 Å². The molecule has 0 amide bonds. The number of aldehydes is 1. The van der Waals surface area contributed by atoms with Gasteiger partial charge in [-0.15, -0.1) is 0 Å². The summed E-state index contributed by atoms with van der Waals surface area (Å²) in [5.74, 6) is 0.0926. The molecular weight excluding hydrogens is 531 g/mol. The van der Waals surface area contributed by atoms with Crippen molar-refractivity contribution in [3.8, 4) is 11.1 Å².